The van der Waals surface area contributed by atoms with E-state index >= 15 is 0 Å². The Morgan fingerprint density at radius 3 is 1.85 bits per heavy atom. The molecule has 4 nitrogen and oxygen atoms in total. The van der Waals surface area contributed by atoms with Gasteiger partial charge in [0.25, 0.3) is 11.8 Å². The van der Waals surface area contributed by atoms with Crippen molar-refractivity contribution in [3.63, 3.8) is 0 Å². The maximum atomic E-state index is 12.3. The van der Waals surface area contributed by atoms with Crippen LogP contribution in [-0.4, -0.2) is 18.4 Å². The molecule has 0 aromatic heterocycles. The van der Waals surface area contributed by atoms with Crippen molar-refractivity contribution in [3.05, 3.63) is 65.2 Å². The number of nitrogens with one attached hydrogen (secondary N) is 2. The molecule has 138 valence electrons. The molecule has 2 aromatic carbocycles. The van der Waals surface area contributed by atoms with E-state index in [0.29, 0.717) is 29.5 Å². The number of anilines is 1. The second-order valence-corrected chi connectivity index (χ2v) is 7.25. The van der Waals surface area contributed by atoms with Crippen molar-refractivity contribution in [2.75, 3.05) is 11.9 Å². The molecule has 4 heteroatoms. The predicted octanol–water partition coefficient (Wildman–Crippen LogP) is 4.84. The topological polar surface area (TPSA) is 58.2 Å². The summed E-state index contributed by atoms with van der Waals surface area (Å²) in [6.07, 6.45) is 0.946. The summed E-state index contributed by atoms with van der Waals surface area (Å²) in [6, 6.07) is 14.6. The Labute approximate surface area is 156 Å². The molecule has 0 saturated carbocycles. The van der Waals surface area contributed by atoms with Crippen LogP contribution in [0.1, 0.15) is 66.3 Å². The van der Waals surface area contributed by atoms with Gasteiger partial charge in [-0.15, -0.1) is 0 Å². The first-order valence-corrected chi connectivity index (χ1v) is 9.16. The monoisotopic (exact) mass is 352 g/mol. The zero-order chi connectivity index (χ0) is 19.1. The molecule has 0 heterocycles. The smallest absolute Gasteiger partial charge is 0.255 e. The van der Waals surface area contributed by atoms with Gasteiger partial charge in [0.2, 0.25) is 0 Å². The summed E-state index contributed by atoms with van der Waals surface area (Å²) < 4.78 is 0. The van der Waals surface area contributed by atoms with E-state index in [1.54, 1.807) is 24.3 Å². The molecule has 0 radical (unpaired) electrons. The molecule has 2 amide bonds. The molecular weight excluding hydrogens is 324 g/mol. The summed E-state index contributed by atoms with van der Waals surface area (Å²) in [5, 5.41) is 5.77. The van der Waals surface area contributed by atoms with Crippen LogP contribution >= 0.6 is 0 Å². The SMILES string of the molecule is CC(C)CCNC(=O)c1ccc(C(=O)Nc2ccc(C(C)C)cc2)cc1. The molecule has 0 atom stereocenters. The Bertz CT molecular complexity index is 732. The van der Waals surface area contributed by atoms with Gasteiger partial charge in [-0.1, -0.05) is 39.8 Å². The van der Waals surface area contributed by atoms with Crippen molar-refractivity contribution in [3.8, 4) is 0 Å². The molecule has 0 fully saturated rings. The minimum absolute atomic E-state index is 0.109. The zero-order valence-corrected chi connectivity index (χ0v) is 16.0. The summed E-state index contributed by atoms with van der Waals surface area (Å²) in [5.41, 5.74) is 3.08. The van der Waals surface area contributed by atoms with E-state index in [-0.39, 0.29) is 11.8 Å². The van der Waals surface area contributed by atoms with Crippen LogP contribution in [0.3, 0.4) is 0 Å². The standard InChI is InChI=1S/C22H28N2O2/c1-15(2)13-14-23-21(25)18-5-7-19(8-6-18)22(26)24-20-11-9-17(10-12-20)16(3)4/h5-12,15-16H,13-14H2,1-4H3,(H,23,25)(H,24,26). The van der Waals surface area contributed by atoms with E-state index in [1.165, 1.54) is 5.56 Å². The van der Waals surface area contributed by atoms with Gasteiger partial charge in [-0.25, -0.2) is 0 Å². The summed E-state index contributed by atoms with van der Waals surface area (Å²) >= 11 is 0. The lowest BCUT2D eigenvalue weighted by Gasteiger charge is -2.09. The van der Waals surface area contributed by atoms with Gasteiger partial charge in [0.15, 0.2) is 0 Å². The molecule has 2 N–H and O–H groups in total. The van der Waals surface area contributed by atoms with E-state index in [2.05, 4.69) is 38.3 Å². The van der Waals surface area contributed by atoms with Crippen molar-refractivity contribution in [2.24, 2.45) is 5.92 Å². The second kappa shape index (κ2) is 9.18. The van der Waals surface area contributed by atoms with Crippen LogP contribution in [0, 0.1) is 5.92 Å². The Morgan fingerprint density at radius 1 is 0.808 bits per heavy atom. The summed E-state index contributed by atoms with van der Waals surface area (Å²) in [4.78, 5) is 24.4. The third-order valence-electron chi connectivity index (χ3n) is 4.25. The summed E-state index contributed by atoms with van der Waals surface area (Å²) in [5.74, 6) is 0.714. The van der Waals surface area contributed by atoms with Crippen molar-refractivity contribution in [1.82, 2.24) is 5.32 Å². The lowest BCUT2D eigenvalue weighted by molar-refractivity contribution is 0.0950. The van der Waals surface area contributed by atoms with Crippen LogP contribution in [0.25, 0.3) is 0 Å². The van der Waals surface area contributed by atoms with Gasteiger partial charge in [0, 0.05) is 23.4 Å². The molecule has 26 heavy (non-hydrogen) atoms. The normalized spacial score (nSPS) is 10.8. The van der Waals surface area contributed by atoms with Gasteiger partial charge in [-0.3, -0.25) is 9.59 Å². The van der Waals surface area contributed by atoms with Gasteiger partial charge in [-0.05, 0) is 60.2 Å². The zero-order valence-electron chi connectivity index (χ0n) is 16.0. The summed E-state index contributed by atoms with van der Waals surface area (Å²) in [7, 11) is 0. The maximum absolute atomic E-state index is 12.3. The van der Waals surface area contributed by atoms with Crippen LogP contribution in [0.4, 0.5) is 5.69 Å². The number of amides is 2. The van der Waals surface area contributed by atoms with E-state index in [0.717, 1.165) is 12.1 Å². The van der Waals surface area contributed by atoms with Gasteiger partial charge >= 0.3 is 0 Å². The molecule has 0 aliphatic rings. The first-order chi connectivity index (χ1) is 12.4. The third-order valence-corrected chi connectivity index (χ3v) is 4.25. The molecule has 0 aliphatic carbocycles. The Balaban J connectivity index is 1.94. The average molecular weight is 352 g/mol. The first kappa shape index (κ1) is 19.7. The minimum atomic E-state index is -0.186. The highest BCUT2D eigenvalue weighted by atomic mass is 16.2. The van der Waals surface area contributed by atoms with Crippen molar-refractivity contribution in [2.45, 2.75) is 40.0 Å². The Kier molecular flexibility index (Phi) is 6.96. The largest absolute Gasteiger partial charge is 0.352 e. The van der Waals surface area contributed by atoms with Crippen LogP contribution in [-0.2, 0) is 0 Å². The molecule has 0 spiro atoms. The van der Waals surface area contributed by atoms with Crippen LogP contribution < -0.4 is 10.6 Å². The maximum Gasteiger partial charge on any atom is 0.255 e. The fourth-order valence-corrected chi connectivity index (χ4v) is 2.50. The second-order valence-electron chi connectivity index (χ2n) is 7.25. The predicted molar refractivity (Wildman–Crippen MR) is 107 cm³/mol. The van der Waals surface area contributed by atoms with Gasteiger partial charge in [-0.2, -0.15) is 0 Å². The molecule has 0 bridgehead atoms. The number of rotatable bonds is 7. The highest BCUT2D eigenvalue weighted by Crippen LogP contribution is 2.18. The molecule has 2 rings (SSSR count). The molecule has 0 unspecified atom stereocenters. The van der Waals surface area contributed by atoms with Gasteiger partial charge in [0.1, 0.15) is 0 Å². The minimum Gasteiger partial charge on any atom is -0.352 e. The average Bonchev–Trinajstić information content (AvgIpc) is 2.62. The molecule has 2 aromatic rings. The van der Waals surface area contributed by atoms with E-state index in [9.17, 15) is 9.59 Å². The molecular formula is C22H28N2O2. The van der Waals surface area contributed by atoms with Crippen LogP contribution in [0.15, 0.2) is 48.5 Å². The quantitative estimate of drug-likeness (QED) is 0.749. The Hall–Kier alpha value is -2.62. The molecule has 0 saturated heterocycles. The van der Waals surface area contributed by atoms with Gasteiger partial charge in [0.05, 0.1) is 0 Å². The highest BCUT2D eigenvalue weighted by molar-refractivity contribution is 6.05. The fraction of sp³-hybridized carbons (Fsp3) is 0.364. The fourth-order valence-electron chi connectivity index (χ4n) is 2.50. The number of benzene rings is 2. The van der Waals surface area contributed by atoms with E-state index < -0.39 is 0 Å². The number of carbonyl (C=O) groups is 2. The van der Waals surface area contributed by atoms with E-state index in [1.807, 2.05) is 24.3 Å². The number of carbonyl (C=O) groups excluding carboxylic acids is 2. The van der Waals surface area contributed by atoms with Crippen molar-refractivity contribution < 1.29 is 9.59 Å². The van der Waals surface area contributed by atoms with E-state index in [4.69, 9.17) is 0 Å². The number of hydrogen-bond acceptors (Lipinski definition) is 2. The van der Waals surface area contributed by atoms with Crippen molar-refractivity contribution in [1.29, 1.82) is 0 Å². The first-order valence-electron chi connectivity index (χ1n) is 9.16. The highest BCUT2D eigenvalue weighted by Gasteiger charge is 2.09. The van der Waals surface area contributed by atoms with Crippen molar-refractivity contribution >= 4 is 17.5 Å². The van der Waals surface area contributed by atoms with Crippen LogP contribution in [0.5, 0.6) is 0 Å². The summed E-state index contributed by atoms with van der Waals surface area (Å²) in [6.45, 7) is 9.17. The lowest BCUT2D eigenvalue weighted by atomic mass is 10.0. The third kappa shape index (κ3) is 5.73. The molecule has 0 aliphatic heterocycles. The number of hydrogen-bond donors (Lipinski definition) is 2. The Morgan fingerprint density at radius 2 is 1.35 bits per heavy atom. The van der Waals surface area contributed by atoms with Gasteiger partial charge < -0.3 is 10.6 Å². The lowest BCUT2D eigenvalue weighted by Crippen LogP contribution is -2.25. The van der Waals surface area contributed by atoms with Crippen LogP contribution in [0.2, 0.25) is 0 Å².